The van der Waals surface area contributed by atoms with Gasteiger partial charge in [0.25, 0.3) is 0 Å². The SMILES string of the molecule is Cc1ccc2c(n1)OCC2C. The molecule has 0 N–H and O–H groups in total. The van der Waals surface area contributed by atoms with Crippen molar-refractivity contribution in [2.45, 2.75) is 19.8 Å². The van der Waals surface area contributed by atoms with Crippen LogP contribution in [0.3, 0.4) is 0 Å². The van der Waals surface area contributed by atoms with Gasteiger partial charge in [0.15, 0.2) is 0 Å². The molecule has 0 amide bonds. The normalized spacial score (nSPS) is 21.1. The first-order valence-corrected chi connectivity index (χ1v) is 3.87. The highest BCUT2D eigenvalue weighted by molar-refractivity contribution is 5.34. The predicted molar refractivity (Wildman–Crippen MR) is 42.9 cm³/mol. The first kappa shape index (κ1) is 6.65. The van der Waals surface area contributed by atoms with Crippen LogP contribution in [0.25, 0.3) is 0 Å². The minimum atomic E-state index is 0.512. The van der Waals surface area contributed by atoms with Crippen LogP contribution in [0, 0.1) is 6.92 Å². The Morgan fingerprint density at radius 3 is 3.18 bits per heavy atom. The molecule has 1 atom stereocenters. The van der Waals surface area contributed by atoms with E-state index in [0.29, 0.717) is 5.92 Å². The smallest absolute Gasteiger partial charge is 0.217 e. The van der Waals surface area contributed by atoms with Gasteiger partial charge in [0, 0.05) is 17.2 Å². The van der Waals surface area contributed by atoms with E-state index in [2.05, 4.69) is 18.0 Å². The molecule has 1 aliphatic heterocycles. The van der Waals surface area contributed by atoms with Gasteiger partial charge in [0.05, 0.1) is 6.61 Å². The molecule has 0 bridgehead atoms. The third-order valence-corrected chi connectivity index (χ3v) is 2.03. The maximum absolute atomic E-state index is 5.38. The summed E-state index contributed by atoms with van der Waals surface area (Å²) in [5.41, 5.74) is 2.27. The van der Waals surface area contributed by atoms with Gasteiger partial charge in [-0.15, -0.1) is 0 Å². The molecule has 2 heteroatoms. The van der Waals surface area contributed by atoms with Crippen molar-refractivity contribution in [1.29, 1.82) is 0 Å². The van der Waals surface area contributed by atoms with Crippen LogP contribution in [0.2, 0.25) is 0 Å². The molecule has 2 rings (SSSR count). The summed E-state index contributed by atoms with van der Waals surface area (Å²) in [6.07, 6.45) is 0. The lowest BCUT2D eigenvalue weighted by molar-refractivity contribution is 0.326. The van der Waals surface area contributed by atoms with Crippen LogP contribution in [-0.4, -0.2) is 11.6 Å². The second-order valence-electron chi connectivity index (χ2n) is 3.06. The summed E-state index contributed by atoms with van der Waals surface area (Å²) < 4.78 is 5.38. The van der Waals surface area contributed by atoms with E-state index >= 15 is 0 Å². The van der Waals surface area contributed by atoms with Crippen molar-refractivity contribution in [3.63, 3.8) is 0 Å². The zero-order chi connectivity index (χ0) is 7.84. The van der Waals surface area contributed by atoms with Crippen LogP contribution in [0.15, 0.2) is 12.1 Å². The Labute approximate surface area is 66.2 Å². The Morgan fingerprint density at radius 1 is 1.55 bits per heavy atom. The monoisotopic (exact) mass is 149 g/mol. The first-order valence-electron chi connectivity index (χ1n) is 3.87. The van der Waals surface area contributed by atoms with Crippen LogP contribution < -0.4 is 4.74 Å². The van der Waals surface area contributed by atoms with E-state index in [0.717, 1.165) is 18.2 Å². The van der Waals surface area contributed by atoms with E-state index in [1.54, 1.807) is 0 Å². The summed E-state index contributed by atoms with van der Waals surface area (Å²) in [5, 5.41) is 0. The average molecular weight is 149 g/mol. The summed E-state index contributed by atoms with van der Waals surface area (Å²) in [6.45, 7) is 4.92. The molecule has 0 fully saturated rings. The van der Waals surface area contributed by atoms with Gasteiger partial charge < -0.3 is 4.74 Å². The fraction of sp³-hybridized carbons (Fsp3) is 0.444. The van der Waals surface area contributed by atoms with E-state index in [-0.39, 0.29) is 0 Å². The molecular weight excluding hydrogens is 138 g/mol. The van der Waals surface area contributed by atoms with Gasteiger partial charge >= 0.3 is 0 Å². The minimum Gasteiger partial charge on any atom is -0.477 e. The molecule has 0 aromatic carbocycles. The Morgan fingerprint density at radius 2 is 2.36 bits per heavy atom. The second kappa shape index (κ2) is 2.22. The fourth-order valence-corrected chi connectivity index (χ4v) is 1.33. The molecular formula is C9H11NO. The van der Waals surface area contributed by atoms with Gasteiger partial charge in [-0.25, -0.2) is 4.98 Å². The number of fused-ring (bicyclic) bond motifs is 1. The number of aryl methyl sites for hydroxylation is 1. The number of ether oxygens (including phenoxy) is 1. The highest BCUT2D eigenvalue weighted by atomic mass is 16.5. The number of pyridine rings is 1. The van der Waals surface area contributed by atoms with E-state index in [4.69, 9.17) is 4.74 Å². The average Bonchev–Trinajstić information content (AvgIpc) is 2.32. The molecule has 1 aromatic heterocycles. The number of aromatic nitrogens is 1. The highest BCUT2D eigenvalue weighted by Crippen LogP contribution is 2.31. The van der Waals surface area contributed by atoms with Crippen LogP contribution in [0.5, 0.6) is 5.88 Å². The maximum atomic E-state index is 5.38. The van der Waals surface area contributed by atoms with Gasteiger partial charge in [0.1, 0.15) is 0 Å². The molecule has 0 aliphatic carbocycles. The summed E-state index contributed by atoms with van der Waals surface area (Å²) in [6, 6.07) is 4.14. The van der Waals surface area contributed by atoms with Crippen LogP contribution in [-0.2, 0) is 0 Å². The van der Waals surface area contributed by atoms with Crippen LogP contribution in [0.4, 0.5) is 0 Å². The zero-order valence-electron chi connectivity index (χ0n) is 6.79. The molecule has 0 radical (unpaired) electrons. The standard InChI is InChI=1S/C9H11NO/c1-6-5-11-9-8(6)4-3-7(2)10-9/h3-4,6H,5H2,1-2H3. The predicted octanol–water partition coefficient (Wildman–Crippen LogP) is 1.89. The van der Waals surface area contributed by atoms with Gasteiger partial charge in [-0.05, 0) is 13.0 Å². The van der Waals surface area contributed by atoms with Gasteiger partial charge in [-0.3, -0.25) is 0 Å². The van der Waals surface area contributed by atoms with E-state index in [1.165, 1.54) is 5.56 Å². The molecule has 1 aliphatic rings. The topological polar surface area (TPSA) is 22.1 Å². The lowest BCUT2D eigenvalue weighted by Gasteiger charge is -1.98. The van der Waals surface area contributed by atoms with Crippen molar-refractivity contribution < 1.29 is 4.74 Å². The van der Waals surface area contributed by atoms with Crippen LogP contribution in [0.1, 0.15) is 24.1 Å². The molecule has 2 heterocycles. The number of rotatable bonds is 0. The van der Waals surface area contributed by atoms with Crippen molar-refractivity contribution in [2.24, 2.45) is 0 Å². The molecule has 1 unspecified atom stereocenters. The summed E-state index contributed by atoms with van der Waals surface area (Å²) in [5.74, 6) is 1.34. The van der Waals surface area contributed by atoms with E-state index in [1.807, 2.05) is 13.0 Å². The lowest BCUT2D eigenvalue weighted by Crippen LogP contribution is -1.93. The highest BCUT2D eigenvalue weighted by Gasteiger charge is 2.20. The van der Waals surface area contributed by atoms with Crippen LogP contribution >= 0.6 is 0 Å². The van der Waals surface area contributed by atoms with Gasteiger partial charge in [-0.1, -0.05) is 13.0 Å². The Kier molecular flexibility index (Phi) is 1.34. The molecule has 0 spiro atoms. The number of hydrogen-bond acceptors (Lipinski definition) is 2. The summed E-state index contributed by atoms with van der Waals surface area (Å²) in [4.78, 5) is 4.28. The molecule has 2 nitrogen and oxygen atoms in total. The number of nitrogens with zero attached hydrogens (tertiary/aromatic N) is 1. The largest absolute Gasteiger partial charge is 0.477 e. The van der Waals surface area contributed by atoms with E-state index < -0.39 is 0 Å². The third-order valence-electron chi connectivity index (χ3n) is 2.03. The zero-order valence-corrected chi connectivity index (χ0v) is 6.79. The Hall–Kier alpha value is -1.05. The maximum Gasteiger partial charge on any atom is 0.217 e. The van der Waals surface area contributed by atoms with Gasteiger partial charge in [0.2, 0.25) is 5.88 Å². The Balaban J connectivity index is 2.50. The van der Waals surface area contributed by atoms with Crippen molar-refractivity contribution in [2.75, 3.05) is 6.61 Å². The van der Waals surface area contributed by atoms with Crippen molar-refractivity contribution in [3.8, 4) is 5.88 Å². The molecule has 58 valence electrons. The first-order chi connectivity index (χ1) is 5.27. The third kappa shape index (κ3) is 0.985. The molecule has 0 saturated carbocycles. The molecule has 1 aromatic rings. The Bertz CT molecular complexity index is 283. The lowest BCUT2D eigenvalue weighted by atomic mass is 10.1. The second-order valence-corrected chi connectivity index (χ2v) is 3.06. The minimum absolute atomic E-state index is 0.512. The summed E-state index contributed by atoms with van der Waals surface area (Å²) >= 11 is 0. The number of hydrogen-bond donors (Lipinski definition) is 0. The van der Waals surface area contributed by atoms with Crippen molar-refractivity contribution in [1.82, 2.24) is 4.98 Å². The fourth-order valence-electron chi connectivity index (χ4n) is 1.33. The van der Waals surface area contributed by atoms with Gasteiger partial charge in [-0.2, -0.15) is 0 Å². The van der Waals surface area contributed by atoms with Crippen molar-refractivity contribution >= 4 is 0 Å². The molecule has 0 saturated heterocycles. The van der Waals surface area contributed by atoms with Crippen molar-refractivity contribution in [3.05, 3.63) is 23.4 Å². The molecule has 11 heavy (non-hydrogen) atoms. The summed E-state index contributed by atoms with van der Waals surface area (Å²) in [7, 11) is 0. The quantitative estimate of drug-likeness (QED) is 0.562. The van der Waals surface area contributed by atoms with E-state index in [9.17, 15) is 0 Å².